The molecule has 0 aliphatic heterocycles. The normalized spacial score (nSPS) is 10.8. The Hall–Kier alpha value is -4.08. The number of nitro benzene ring substituents is 1. The number of halogens is 1. The Morgan fingerprint density at radius 2 is 2.21 bits per heavy atom. The summed E-state index contributed by atoms with van der Waals surface area (Å²) >= 11 is 3.38. The van der Waals surface area contributed by atoms with Gasteiger partial charge in [-0.1, -0.05) is 12.1 Å². The smallest absolute Gasteiger partial charge is 0.278 e. The van der Waals surface area contributed by atoms with E-state index in [1.54, 1.807) is 31.2 Å². The van der Waals surface area contributed by atoms with Gasteiger partial charge in [-0.3, -0.25) is 14.9 Å². The van der Waals surface area contributed by atoms with Crippen molar-refractivity contribution in [2.45, 2.75) is 13.5 Å². The van der Waals surface area contributed by atoms with Gasteiger partial charge in [0.2, 0.25) is 5.88 Å². The predicted molar refractivity (Wildman–Crippen MR) is 124 cm³/mol. The summed E-state index contributed by atoms with van der Waals surface area (Å²) in [7, 11) is 1.50. The van der Waals surface area contributed by atoms with Gasteiger partial charge in [-0.25, -0.2) is 10.4 Å². The number of nitrogens with zero attached hydrogens (tertiary/aromatic N) is 4. The van der Waals surface area contributed by atoms with Gasteiger partial charge in [0, 0.05) is 34.8 Å². The van der Waals surface area contributed by atoms with E-state index >= 15 is 0 Å². The van der Waals surface area contributed by atoms with E-state index in [4.69, 9.17) is 13.9 Å². The minimum absolute atomic E-state index is 0.0158. The second-order valence-corrected chi connectivity index (χ2v) is 7.60. The maximum absolute atomic E-state index is 12.1. The van der Waals surface area contributed by atoms with Crippen LogP contribution in [0.1, 0.15) is 22.6 Å². The van der Waals surface area contributed by atoms with Crippen LogP contribution in [0.15, 0.2) is 50.4 Å². The number of aryl methyl sites for hydroxylation is 1. The predicted octanol–water partition coefficient (Wildman–Crippen LogP) is 3.87. The van der Waals surface area contributed by atoms with Crippen LogP contribution in [0.2, 0.25) is 0 Å². The average Bonchev–Trinajstić information content (AvgIpc) is 3.30. The lowest BCUT2D eigenvalue weighted by Crippen LogP contribution is -2.25. The number of amides is 1. The summed E-state index contributed by atoms with van der Waals surface area (Å²) < 4.78 is 16.8. The van der Waals surface area contributed by atoms with Crippen LogP contribution < -0.4 is 10.2 Å². The molecule has 0 spiro atoms. The van der Waals surface area contributed by atoms with Gasteiger partial charge in [-0.15, -0.1) is 0 Å². The molecule has 3 aromatic rings. The number of hydrazone groups is 1. The van der Waals surface area contributed by atoms with E-state index in [9.17, 15) is 20.2 Å². The number of nitro groups is 1. The largest absolute Gasteiger partial charge is 0.467 e. The number of pyridine rings is 1. The molecular formula is C22H18BrN5O6. The topological polar surface area (TPSA) is 153 Å². The molecule has 34 heavy (non-hydrogen) atoms. The molecule has 1 aromatic carbocycles. The van der Waals surface area contributed by atoms with Crippen molar-refractivity contribution in [2.24, 2.45) is 5.10 Å². The Morgan fingerprint density at radius 3 is 2.91 bits per heavy atom. The van der Waals surface area contributed by atoms with Crippen LogP contribution in [0.5, 0.6) is 5.88 Å². The Morgan fingerprint density at radius 1 is 1.41 bits per heavy atom. The molecule has 2 aromatic heterocycles. The number of benzene rings is 1. The minimum atomic E-state index is -0.582. The van der Waals surface area contributed by atoms with Crippen LogP contribution in [-0.4, -0.2) is 35.7 Å². The number of carbonyl (C=O) groups excluding carboxylic acids is 1. The number of hydrogen-bond acceptors (Lipinski definition) is 9. The third kappa shape index (κ3) is 5.83. The Kier molecular flexibility index (Phi) is 8.07. The Labute approximate surface area is 202 Å². The van der Waals surface area contributed by atoms with E-state index in [2.05, 4.69) is 31.4 Å². The fourth-order valence-electron chi connectivity index (χ4n) is 2.90. The molecule has 3 rings (SSSR count). The first-order valence-corrected chi connectivity index (χ1v) is 10.5. The molecule has 0 unspecified atom stereocenters. The Balaban J connectivity index is 1.61. The molecule has 1 amide bonds. The summed E-state index contributed by atoms with van der Waals surface area (Å²) in [5.74, 6) is 0.166. The van der Waals surface area contributed by atoms with Crippen molar-refractivity contribution in [1.29, 1.82) is 5.26 Å². The number of carbonyl (C=O) groups is 1. The fourth-order valence-corrected chi connectivity index (χ4v) is 3.30. The highest BCUT2D eigenvalue weighted by Crippen LogP contribution is 2.30. The first kappa shape index (κ1) is 24.6. The van der Waals surface area contributed by atoms with E-state index in [0.29, 0.717) is 32.8 Å². The molecule has 0 aliphatic rings. The lowest BCUT2D eigenvalue weighted by molar-refractivity contribution is -0.384. The highest BCUT2D eigenvalue weighted by atomic mass is 79.9. The molecule has 0 saturated carbocycles. The zero-order chi connectivity index (χ0) is 24.7. The van der Waals surface area contributed by atoms with E-state index < -0.39 is 17.4 Å². The van der Waals surface area contributed by atoms with E-state index in [1.165, 1.54) is 25.5 Å². The molecule has 174 valence electrons. The van der Waals surface area contributed by atoms with Crippen LogP contribution in [0, 0.1) is 28.4 Å². The molecule has 1 N–H and O–H groups in total. The molecular weight excluding hydrogens is 510 g/mol. The van der Waals surface area contributed by atoms with Crippen LogP contribution in [0.3, 0.4) is 0 Å². The molecule has 11 nitrogen and oxygen atoms in total. The molecule has 12 heteroatoms. The van der Waals surface area contributed by atoms with Crippen molar-refractivity contribution in [3.8, 4) is 23.3 Å². The van der Waals surface area contributed by atoms with E-state index in [1.807, 2.05) is 6.07 Å². The van der Waals surface area contributed by atoms with Gasteiger partial charge in [0.05, 0.1) is 23.4 Å². The fraction of sp³-hybridized carbons (Fsp3) is 0.182. The second-order valence-electron chi connectivity index (χ2n) is 6.81. The number of rotatable bonds is 9. The standard InChI is InChI=1S/C22H18BrN5O6/c1-13-21(23)18(11-32-2)17(9-24)22(26-13)33-12-20(29)27-25-10-16-6-7-19(34-16)14-4-3-5-15(8-14)28(30)31/h3-8,10H,11-12H2,1-2H3,(H,27,29). The minimum Gasteiger partial charge on any atom is -0.467 e. The number of ether oxygens (including phenoxy) is 2. The number of nitriles is 1. The number of nitrogens with one attached hydrogen (secondary N) is 1. The van der Waals surface area contributed by atoms with Crippen molar-refractivity contribution in [1.82, 2.24) is 10.4 Å². The quantitative estimate of drug-likeness (QED) is 0.250. The van der Waals surface area contributed by atoms with Gasteiger partial charge in [-0.05, 0) is 35.0 Å². The molecule has 0 radical (unpaired) electrons. The van der Waals surface area contributed by atoms with E-state index in [-0.39, 0.29) is 23.7 Å². The molecule has 0 bridgehead atoms. The zero-order valence-corrected chi connectivity index (χ0v) is 19.7. The van der Waals surface area contributed by atoms with Crippen molar-refractivity contribution in [3.63, 3.8) is 0 Å². The molecule has 0 saturated heterocycles. The number of aromatic nitrogens is 1. The van der Waals surface area contributed by atoms with Crippen LogP contribution in [-0.2, 0) is 16.1 Å². The number of hydrogen-bond donors (Lipinski definition) is 1. The first-order chi connectivity index (χ1) is 16.3. The summed E-state index contributed by atoms with van der Waals surface area (Å²) in [5, 5.41) is 24.2. The summed E-state index contributed by atoms with van der Waals surface area (Å²) in [6.45, 7) is 1.47. The zero-order valence-electron chi connectivity index (χ0n) is 18.1. The molecule has 0 fully saturated rings. The number of non-ortho nitro benzene ring substituents is 1. The number of methoxy groups -OCH3 is 1. The van der Waals surface area contributed by atoms with Gasteiger partial charge < -0.3 is 13.9 Å². The van der Waals surface area contributed by atoms with Crippen molar-refractivity contribution in [3.05, 3.63) is 73.6 Å². The van der Waals surface area contributed by atoms with Crippen LogP contribution >= 0.6 is 15.9 Å². The molecule has 0 atom stereocenters. The van der Waals surface area contributed by atoms with E-state index in [0.717, 1.165) is 0 Å². The summed E-state index contributed by atoms with van der Waals surface area (Å²) in [6, 6.07) is 11.3. The maximum Gasteiger partial charge on any atom is 0.278 e. The number of furan rings is 1. The SMILES string of the molecule is COCc1c(Br)c(C)nc(OCC(=O)NN=Cc2ccc(-c3cccc([N+](=O)[O-])c3)o2)c1C#N. The monoisotopic (exact) mass is 527 g/mol. The van der Waals surface area contributed by atoms with Crippen molar-refractivity contribution >= 4 is 33.7 Å². The molecule has 2 heterocycles. The lowest BCUT2D eigenvalue weighted by atomic mass is 10.1. The van der Waals surface area contributed by atoms with Gasteiger partial charge in [0.15, 0.2) is 6.61 Å². The summed E-state index contributed by atoms with van der Waals surface area (Å²) in [6.07, 6.45) is 1.28. The molecule has 0 aliphatic carbocycles. The van der Waals surface area contributed by atoms with Gasteiger partial charge in [-0.2, -0.15) is 10.4 Å². The maximum atomic E-state index is 12.1. The third-order valence-corrected chi connectivity index (χ3v) is 5.51. The summed E-state index contributed by atoms with van der Waals surface area (Å²) in [5.41, 5.74) is 4.09. The van der Waals surface area contributed by atoms with Crippen LogP contribution in [0.25, 0.3) is 11.3 Å². The van der Waals surface area contributed by atoms with Gasteiger partial charge >= 0.3 is 0 Å². The van der Waals surface area contributed by atoms with Gasteiger partial charge in [0.25, 0.3) is 11.6 Å². The van der Waals surface area contributed by atoms with Crippen molar-refractivity contribution in [2.75, 3.05) is 13.7 Å². The first-order valence-electron chi connectivity index (χ1n) is 9.71. The highest BCUT2D eigenvalue weighted by molar-refractivity contribution is 9.10. The Bertz CT molecular complexity index is 1300. The van der Waals surface area contributed by atoms with Gasteiger partial charge in [0.1, 0.15) is 23.2 Å². The second kappa shape index (κ2) is 11.2. The lowest BCUT2D eigenvalue weighted by Gasteiger charge is -2.13. The summed E-state index contributed by atoms with van der Waals surface area (Å²) in [4.78, 5) is 26.8. The van der Waals surface area contributed by atoms with Crippen molar-refractivity contribution < 1.29 is 23.6 Å². The highest BCUT2D eigenvalue weighted by Gasteiger charge is 2.18. The van der Waals surface area contributed by atoms with Crippen LogP contribution in [0.4, 0.5) is 5.69 Å². The average molecular weight is 528 g/mol. The third-order valence-electron chi connectivity index (χ3n) is 4.46.